The number of benzene rings is 2. The zero-order valence-corrected chi connectivity index (χ0v) is 16.8. The minimum Gasteiger partial charge on any atom is -0.493 e. The van der Waals surface area contributed by atoms with Gasteiger partial charge in [0.2, 0.25) is 5.91 Å². The lowest BCUT2D eigenvalue weighted by atomic mass is 9.89. The van der Waals surface area contributed by atoms with Gasteiger partial charge in [0.25, 0.3) is 5.91 Å². The Morgan fingerprint density at radius 1 is 1.10 bits per heavy atom. The van der Waals surface area contributed by atoms with Crippen LogP contribution in [0.3, 0.4) is 0 Å². The summed E-state index contributed by atoms with van der Waals surface area (Å²) in [5.74, 6) is 1.76. The van der Waals surface area contributed by atoms with Crippen molar-refractivity contribution < 1.29 is 14.3 Å². The summed E-state index contributed by atoms with van der Waals surface area (Å²) in [6, 6.07) is 17.8. The fraction of sp³-hybridized carbons (Fsp3) is 0.417. The van der Waals surface area contributed by atoms with Crippen molar-refractivity contribution in [1.82, 2.24) is 10.2 Å². The molecular weight excluding hydrogens is 364 g/mol. The van der Waals surface area contributed by atoms with Gasteiger partial charge in [-0.15, -0.1) is 0 Å². The van der Waals surface area contributed by atoms with E-state index in [1.807, 2.05) is 54.4 Å². The highest BCUT2D eigenvalue weighted by molar-refractivity contribution is 5.94. The van der Waals surface area contributed by atoms with Crippen molar-refractivity contribution in [3.05, 3.63) is 65.7 Å². The van der Waals surface area contributed by atoms with Crippen molar-refractivity contribution in [1.29, 1.82) is 0 Å². The zero-order valence-electron chi connectivity index (χ0n) is 16.8. The second kappa shape index (κ2) is 8.68. The van der Waals surface area contributed by atoms with Gasteiger partial charge in [0.15, 0.2) is 0 Å². The second-order valence-corrected chi connectivity index (χ2v) is 8.18. The Kier molecular flexibility index (Phi) is 5.84. The van der Waals surface area contributed by atoms with Crippen LogP contribution in [0.5, 0.6) is 5.75 Å². The van der Waals surface area contributed by atoms with E-state index in [1.165, 1.54) is 5.56 Å². The van der Waals surface area contributed by atoms with Crippen LogP contribution in [0.15, 0.2) is 54.6 Å². The summed E-state index contributed by atoms with van der Waals surface area (Å²) in [5.41, 5.74) is 1.88. The van der Waals surface area contributed by atoms with Gasteiger partial charge in [0.1, 0.15) is 5.75 Å². The third kappa shape index (κ3) is 4.61. The van der Waals surface area contributed by atoms with Crippen LogP contribution in [0.1, 0.15) is 35.2 Å². The molecule has 0 radical (unpaired) electrons. The molecule has 2 aromatic carbocycles. The number of amides is 2. The van der Waals surface area contributed by atoms with Crippen LogP contribution in [0, 0.1) is 11.8 Å². The van der Waals surface area contributed by atoms with Gasteiger partial charge in [0, 0.05) is 38.0 Å². The molecule has 5 nitrogen and oxygen atoms in total. The van der Waals surface area contributed by atoms with Gasteiger partial charge in [0.05, 0.1) is 6.61 Å². The van der Waals surface area contributed by atoms with E-state index in [0.717, 1.165) is 31.6 Å². The third-order valence-electron chi connectivity index (χ3n) is 6.28. The summed E-state index contributed by atoms with van der Waals surface area (Å²) in [7, 11) is 1.88. The van der Waals surface area contributed by atoms with Crippen molar-refractivity contribution in [2.75, 3.05) is 20.2 Å². The van der Waals surface area contributed by atoms with Crippen LogP contribution in [-0.2, 0) is 11.2 Å². The van der Waals surface area contributed by atoms with Gasteiger partial charge in [-0.1, -0.05) is 36.4 Å². The topological polar surface area (TPSA) is 58.6 Å². The maximum atomic E-state index is 13.0. The number of ether oxygens (including phenoxy) is 1. The molecule has 2 amide bonds. The molecule has 1 aliphatic heterocycles. The number of rotatable bonds is 6. The summed E-state index contributed by atoms with van der Waals surface area (Å²) in [5, 5.41) is 2.95. The normalized spacial score (nSPS) is 23.2. The maximum absolute atomic E-state index is 13.0. The van der Waals surface area contributed by atoms with E-state index < -0.39 is 0 Å². The lowest BCUT2D eigenvalue weighted by molar-refractivity contribution is -0.124. The van der Waals surface area contributed by atoms with Crippen molar-refractivity contribution in [2.24, 2.45) is 11.8 Å². The minimum absolute atomic E-state index is 0.0152. The molecule has 1 aliphatic carbocycles. The zero-order chi connectivity index (χ0) is 20.2. The molecule has 5 heteroatoms. The highest BCUT2D eigenvalue weighted by atomic mass is 16.5. The van der Waals surface area contributed by atoms with Crippen LogP contribution < -0.4 is 10.1 Å². The first-order chi connectivity index (χ1) is 14.1. The number of nitrogens with zero attached hydrogens (tertiary/aromatic N) is 1. The summed E-state index contributed by atoms with van der Waals surface area (Å²) < 4.78 is 5.88. The van der Waals surface area contributed by atoms with Crippen molar-refractivity contribution >= 4 is 11.8 Å². The highest BCUT2D eigenvalue weighted by Crippen LogP contribution is 2.38. The van der Waals surface area contributed by atoms with E-state index in [1.54, 1.807) is 0 Å². The molecule has 0 aromatic heterocycles. The molecule has 2 aliphatic rings. The van der Waals surface area contributed by atoms with Crippen molar-refractivity contribution in [3.8, 4) is 5.75 Å². The Morgan fingerprint density at radius 2 is 1.90 bits per heavy atom. The number of nitrogens with one attached hydrogen (secondary N) is 1. The van der Waals surface area contributed by atoms with Gasteiger partial charge in [-0.3, -0.25) is 9.59 Å². The molecule has 3 atom stereocenters. The van der Waals surface area contributed by atoms with Crippen molar-refractivity contribution in [3.63, 3.8) is 0 Å². The summed E-state index contributed by atoms with van der Waals surface area (Å²) >= 11 is 0. The van der Waals surface area contributed by atoms with Gasteiger partial charge in [-0.2, -0.15) is 0 Å². The fourth-order valence-corrected chi connectivity index (χ4v) is 4.57. The van der Waals surface area contributed by atoms with E-state index in [2.05, 4.69) is 17.4 Å². The van der Waals surface area contributed by atoms with Crippen LogP contribution in [0.2, 0.25) is 0 Å². The largest absolute Gasteiger partial charge is 0.493 e. The average molecular weight is 392 g/mol. The van der Waals surface area contributed by atoms with Gasteiger partial charge in [-0.25, -0.2) is 0 Å². The smallest absolute Gasteiger partial charge is 0.253 e. The van der Waals surface area contributed by atoms with Crippen LogP contribution >= 0.6 is 0 Å². The Bertz CT molecular complexity index is 867. The average Bonchev–Trinajstić information content (AvgIpc) is 3.17. The molecule has 1 saturated carbocycles. The second-order valence-electron chi connectivity index (χ2n) is 8.18. The lowest BCUT2D eigenvalue weighted by Gasteiger charge is -2.25. The molecule has 2 fully saturated rings. The Labute approximate surface area is 172 Å². The van der Waals surface area contributed by atoms with E-state index in [-0.39, 0.29) is 17.9 Å². The molecule has 0 spiro atoms. The number of piperidine rings is 1. The quantitative estimate of drug-likeness (QED) is 0.821. The molecule has 2 aromatic rings. The molecule has 0 bridgehead atoms. The summed E-state index contributed by atoms with van der Waals surface area (Å²) in [6.07, 6.45) is 3.29. The van der Waals surface area contributed by atoms with E-state index in [9.17, 15) is 9.59 Å². The molecule has 1 heterocycles. The van der Waals surface area contributed by atoms with Crippen molar-refractivity contribution in [2.45, 2.75) is 31.7 Å². The number of fused-ring (bicyclic) bond motifs is 1. The lowest BCUT2D eigenvalue weighted by Crippen LogP contribution is -2.38. The molecule has 1 N–H and O–H groups in total. The van der Waals surface area contributed by atoms with Crippen LogP contribution in [0.4, 0.5) is 0 Å². The van der Waals surface area contributed by atoms with Gasteiger partial charge >= 0.3 is 0 Å². The number of hydrogen-bond acceptors (Lipinski definition) is 3. The fourth-order valence-electron chi connectivity index (χ4n) is 4.57. The molecule has 29 heavy (non-hydrogen) atoms. The predicted octanol–water partition coefficient (Wildman–Crippen LogP) is 3.29. The van der Waals surface area contributed by atoms with E-state index >= 15 is 0 Å². The Hall–Kier alpha value is -2.82. The summed E-state index contributed by atoms with van der Waals surface area (Å²) in [6.45, 7) is 1.32. The van der Waals surface area contributed by atoms with Crippen LogP contribution in [-0.4, -0.2) is 43.0 Å². The highest BCUT2D eigenvalue weighted by Gasteiger charge is 2.40. The minimum atomic E-state index is 0.0152. The first-order valence-corrected chi connectivity index (χ1v) is 10.4. The standard InChI is InChI=1S/C24H28N2O3/c1-26(21-12-19-15-23(27)25-16-20(19)13-21)24(28)18-8-5-9-22(14-18)29-11-10-17-6-3-2-4-7-17/h2-9,14,19-21H,10-13,15-16H2,1H3,(H,25,27)/t19-,20+,21-/m1/s1. The molecule has 1 saturated heterocycles. The molecule has 4 rings (SSSR count). The summed E-state index contributed by atoms with van der Waals surface area (Å²) in [4.78, 5) is 26.5. The third-order valence-corrected chi connectivity index (χ3v) is 6.28. The number of carbonyl (C=O) groups is 2. The predicted molar refractivity (Wildman–Crippen MR) is 112 cm³/mol. The van der Waals surface area contributed by atoms with Gasteiger partial charge in [-0.05, 0) is 48.4 Å². The van der Waals surface area contributed by atoms with E-state index in [0.29, 0.717) is 30.4 Å². The molecule has 152 valence electrons. The monoisotopic (exact) mass is 392 g/mol. The number of carbonyl (C=O) groups excluding carboxylic acids is 2. The molecular formula is C24H28N2O3. The molecule has 0 unspecified atom stereocenters. The maximum Gasteiger partial charge on any atom is 0.253 e. The van der Waals surface area contributed by atoms with Crippen LogP contribution in [0.25, 0.3) is 0 Å². The SMILES string of the molecule is CN(C(=O)c1cccc(OCCc2ccccc2)c1)[C@H]1C[C@H]2CNC(=O)C[C@H]2C1. The number of hydrogen-bond donors (Lipinski definition) is 1. The Balaban J connectivity index is 1.35. The van der Waals surface area contributed by atoms with E-state index in [4.69, 9.17) is 4.74 Å². The van der Waals surface area contributed by atoms with Gasteiger partial charge < -0.3 is 15.0 Å². The first kappa shape index (κ1) is 19.5. The Morgan fingerprint density at radius 3 is 2.72 bits per heavy atom. The first-order valence-electron chi connectivity index (χ1n) is 10.4.